The Balaban J connectivity index is 3.55. The number of ether oxygens (including phenoxy) is 1. The van der Waals surface area contributed by atoms with E-state index in [2.05, 4.69) is 18.3 Å². The summed E-state index contributed by atoms with van der Waals surface area (Å²) < 4.78 is 4.96. The normalized spacial score (nSPS) is 15.5. The van der Waals surface area contributed by atoms with E-state index in [1.54, 1.807) is 7.11 Å². The monoisotopic (exact) mass is 156 g/mol. The van der Waals surface area contributed by atoms with Gasteiger partial charge in [0, 0.05) is 13.7 Å². The zero-order valence-corrected chi connectivity index (χ0v) is 7.13. The number of nitrogens with two attached hydrogens (primary N) is 1. The first-order valence-corrected chi connectivity index (χ1v) is 3.65. The molecule has 0 aromatic heterocycles. The number of rotatable bonds is 5. The van der Waals surface area contributed by atoms with Crippen molar-refractivity contribution in [1.82, 2.24) is 5.43 Å². The molecular weight excluding hydrogens is 140 g/mol. The highest BCUT2D eigenvalue weighted by atomic mass is 16.5. The third-order valence-electron chi connectivity index (χ3n) is 1.49. The van der Waals surface area contributed by atoms with Crippen LogP contribution in [0.25, 0.3) is 0 Å². The van der Waals surface area contributed by atoms with Gasteiger partial charge in [-0.15, -0.1) is 6.42 Å². The summed E-state index contributed by atoms with van der Waals surface area (Å²) in [5.74, 6) is 8.19. The molecule has 0 aliphatic carbocycles. The number of hydrogen-bond acceptors (Lipinski definition) is 3. The van der Waals surface area contributed by atoms with Crippen molar-refractivity contribution in [2.45, 2.75) is 19.4 Å². The minimum Gasteiger partial charge on any atom is -0.384 e. The Bertz CT molecular complexity index is 131. The van der Waals surface area contributed by atoms with Crippen LogP contribution in [0.5, 0.6) is 0 Å². The van der Waals surface area contributed by atoms with Gasteiger partial charge < -0.3 is 4.74 Å². The molecule has 0 fully saturated rings. The van der Waals surface area contributed by atoms with Crippen molar-refractivity contribution in [3.05, 3.63) is 0 Å². The zero-order chi connectivity index (χ0) is 8.69. The predicted molar refractivity (Wildman–Crippen MR) is 45.6 cm³/mol. The number of hydrazine groups is 1. The molecule has 3 N–H and O–H groups in total. The maximum absolute atomic E-state index is 5.19. The number of hydrogen-bond donors (Lipinski definition) is 2. The van der Waals surface area contributed by atoms with E-state index in [0.717, 1.165) is 13.0 Å². The molecule has 11 heavy (non-hydrogen) atoms. The van der Waals surface area contributed by atoms with E-state index in [-0.39, 0.29) is 6.04 Å². The van der Waals surface area contributed by atoms with Crippen molar-refractivity contribution in [2.75, 3.05) is 13.7 Å². The minimum absolute atomic E-state index is 0.0415. The molecule has 0 aromatic rings. The molecule has 0 aliphatic heterocycles. The highest BCUT2D eigenvalue weighted by Crippen LogP contribution is 2.04. The van der Waals surface area contributed by atoms with E-state index in [0.29, 0.717) is 5.92 Å². The average Bonchev–Trinajstić information content (AvgIpc) is 2.01. The predicted octanol–water partition coefficient (Wildman–Crippen LogP) is 0.124. The van der Waals surface area contributed by atoms with Crippen molar-refractivity contribution in [1.29, 1.82) is 0 Å². The fraction of sp³-hybridized carbons (Fsp3) is 0.750. The second kappa shape index (κ2) is 6.17. The molecule has 0 radical (unpaired) electrons. The van der Waals surface area contributed by atoms with E-state index in [9.17, 15) is 0 Å². The van der Waals surface area contributed by atoms with Gasteiger partial charge in [-0.2, -0.15) is 0 Å². The van der Waals surface area contributed by atoms with E-state index in [4.69, 9.17) is 17.0 Å². The smallest absolute Gasteiger partial charge is 0.0818 e. The molecule has 0 spiro atoms. The summed E-state index contributed by atoms with van der Waals surface area (Å²) in [5, 5.41) is 0. The molecule has 0 bridgehead atoms. The number of nitrogens with one attached hydrogen (secondary N) is 1. The second-order valence-corrected chi connectivity index (χ2v) is 2.68. The molecule has 0 rings (SSSR count). The first-order valence-electron chi connectivity index (χ1n) is 3.65. The van der Waals surface area contributed by atoms with Crippen molar-refractivity contribution < 1.29 is 4.74 Å². The molecule has 0 saturated carbocycles. The maximum Gasteiger partial charge on any atom is 0.0818 e. The average molecular weight is 156 g/mol. The van der Waals surface area contributed by atoms with Gasteiger partial charge in [-0.3, -0.25) is 5.84 Å². The van der Waals surface area contributed by atoms with Gasteiger partial charge >= 0.3 is 0 Å². The van der Waals surface area contributed by atoms with E-state index < -0.39 is 0 Å². The van der Waals surface area contributed by atoms with Crippen LogP contribution in [0, 0.1) is 18.3 Å². The largest absolute Gasteiger partial charge is 0.384 e. The summed E-state index contributed by atoms with van der Waals surface area (Å²) in [4.78, 5) is 0. The highest BCUT2D eigenvalue weighted by molar-refractivity contribution is 4.97. The lowest BCUT2D eigenvalue weighted by Gasteiger charge is -2.14. The quantitative estimate of drug-likeness (QED) is 0.338. The van der Waals surface area contributed by atoms with Gasteiger partial charge in [-0.1, -0.05) is 12.8 Å². The van der Waals surface area contributed by atoms with Gasteiger partial charge in [0.15, 0.2) is 0 Å². The molecule has 0 aliphatic rings. The fourth-order valence-electron chi connectivity index (χ4n) is 0.939. The number of terminal acetylenes is 1. The second-order valence-electron chi connectivity index (χ2n) is 2.68. The Morgan fingerprint density at radius 2 is 2.36 bits per heavy atom. The molecule has 0 amide bonds. The van der Waals surface area contributed by atoms with Crippen LogP contribution in [0.4, 0.5) is 0 Å². The van der Waals surface area contributed by atoms with Crippen LogP contribution in [-0.2, 0) is 4.74 Å². The third-order valence-corrected chi connectivity index (χ3v) is 1.49. The van der Waals surface area contributed by atoms with Crippen molar-refractivity contribution >= 4 is 0 Å². The van der Waals surface area contributed by atoms with Crippen molar-refractivity contribution in [3.8, 4) is 12.3 Å². The maximum atomic E-state index is 5.19. The van der Waals surface area contributed by atoms with Crippen LogP contribution in [0.2, 0.25) is 0 Å². The van der Waals surface area contributed by atoms with Crippen molar-refractivity contribution in [2.24, 2.45) is 11.8 Å². The van der Waals surface area contributed by atoms with Gasteiger partial charge in [0.05, 0.1) is 6.04 Å². The standard InChI is InChI=1S/C8H16N2O/c1-4-8(10-9)5-7(2)6-11-3/h1,7-8,10H,5-6,9H2,2-3H3. The van der Waals surface area contributed by atoms with Gasteiger partial charge in [0.1, 0.15) is 0 Å². The van der Waals surface area contributed by atoms with Crippen LogP contribution in [-0.4, -0.2) is 19.8 Å². The lowest BCUT2D eigenvalue weighted by atomic mass is 10.0. The summed E-state index contributed by atoms with van der Waals surface area (Å²) in [6.07, 6.45) is 6.04. The van der Waals surface area contributed by atoms with Crippen LogP contribution in [0.1, 0.15) is 13.3 Å². The first-order chi connectivity index (χ1) is 5.24. The molecule has 3 nitrogen and oxygen atoms in total. The molecule has 0 aromatic carbocycles. The molecule has 3 heteroatoms. The Morgan fingerprint density at radius 1 is 1.73 bits per heavy atom. The first kappa shape index (κ1) is 10.4. The zero-order valence-electron chi connectivity index (χ0n) is 7.13. The molecule has 0 saturated heterocycles. The molecule has 64 valence electrons. The fourth-order valence-corrected chi connectivity index (χ4v) is 0.939. The molecule has 0 heterocycles. The Hall–Kier alpha value is -0.560. The molecule has 2 atom stereocenters. The lowest BCUT2D eigenvalue weighted by Crippen LogP contribution is -2.35. The minimum atomic E-state index is -0.0415. The van der Waals surface area contributed by atoms with Gasteiger partial charge in [0.25, 0.3) is 0 Å². The Morgan fingerprint density at radius 3 is 2.73 bits per heavy atom. The Kier molecular flexibility index (Phi) is 5.86. The van der Waals surface area contributed by atoms with Crippen LogP contribution >= 0.6 is 0 Å². The van der Waals surface area contributed by atoms with Gasteiger partial charge in [0.2, 0.25) is 0 Å². The van der Waals surface area contributed by atoms with E-state index in [1.165, 1.54) is 0 Å². The molecule has 2 unspecified atom stereocenters. The summed E-state index contributed by atoms with van der Waals surface area (Å²) in [5.41, 5.74) is 2.55. The summed E-state index contributed by atoms with van der Waals surface area (Å²) in [6, 6.07) is -0.0415. The van der Waals surface area contributed by atoms with E-state index in [1.807, 2.05) is 0 Å². The van der Waals surface area contributed by atoms with Gasteiger partial charge in [-0.25, -0.2) is 5.43 Å². The summed E-state index contributed by atoms with van der Waals surface area (Å²) in [6.45, 7) is 2.80. The summed E-state index contributed by atoms with van der Waals surface area (Å²) >= 11 is 0. The number of methoxy groups -OCH3 is 1. The van der Waals surface area contributed by atoms with Gasteiger partial charge in [-0.05, 0) is 12.3 Å². The third kappa shape index (κ3) is 4.79. The van der Waals surface area contributed by atoms with E-state index >= 15 is 0 Å². The topological polar surface area (TPSA) is 47.3 Å². The highest BCUT2D eigenvalue weighted by Gasteiger charge is 2.07. The van der Waals surface area contributed by atoms with Crippen LogP contribution in [0.15, 0.2) is 0 Å². The van der Waals surface area contributed by atoms with Crippen molar-refractivity contribution in [3.63, 3.8) is 0 Å². The van der Waals surface area contributed by atoms with Crippen LogP contribution in [0.3, 0.4) is 0 Å². The Labute approximate surface area is 68.3 Å². The summed E-state index contributed by atoms with van der Waals surface area (Å²) in [7, 11) is 1.68. The van der Waals surface area contributed by atoms with Crippen LogP contribution < -0.4 is 11.3 Å². The SMILES string of the molecule is C#CC(CC(C)COC)NN. The lowest BCUT2D eigenvalue weighted by molar-refractivity contribution is 0.152. The molecular formula is C8H16N2O.